The van der Waals surface area contributed by atoms with E-state index in [1.807, 2.05) is 79.7 Å². The number of β-lactam (4-membered cyclic amide) rings is 4. The molecule has 0 saturated carbocycles. The minimum atomic E-state index is -1.98. The summed E-state index contributed by atoms with van der Waals surface area (Å²) in [6.07, 6.45) is 3.24. The summed E-state index contributed by atoms with van der Waals surface area (Å²) < 4.78 is 0. The van der Waals surface area contributed by atoms with Crippen molar-refractivity contribution in [1.82, 2.24) is 9.80 Å². The van der Waals surface area contributed by atoms with Gasteiger partial charge in [-0.2, -0.15) is 0 Å². The van der Waals surface area contributed by atoms with Crippen LogP contribution in [0.2, 0.25) is 0 Å². The normalized spacial score (nSPS) is 14.7. The third kappa shape index (κ3) is 15.7. The molecule has 9 heteroatoms. The molecule has 0 bridgehead atoms. The zero-order valence-electron chi connectivity index (χ0n) is 36.8. The largest absolute Gasteiger partial charge is 0.284 e. The molecule has 5 heterocycles. The van der Waals surface area contributed by atoms with Crippen LogP contribution in [-0.2, 0) is 25.6 Å². The maximum atomic E-state index is 11.2. The number of aliphatic imine (C=N–C) groups is 3. The average molecular weight is 856 g/mol. The molecule has 2 spiro atoms. The first-order chi connectivity index (χ1) is 27.4. The summed E-state index contributed by atoms with van der Waals surface area (Å²) in [6, 6.07) is 35.3. The van der Waals surface area contributed by atoms with Crippen molar-refractivity contribution in [2.24, 2.45) is 20.4 Å². The quantitative estimate of drug-likeness (QED) is 0.129. The van der Waals surface area contributed by atoms with Crippen LogP contribution in [0.25, 0.3) is 10.8 Å². The Hall–Kier alpha value is -5.57. The minimum absolute atomic E-state index is 0. The Kier molecular flexibility index (Phi) is 34.0. The smallest absolute Gasteiger partial charge is 0.282 e. The van der Waals surface area contributed by atoms with Gasteiger partial charge < -0.3 is 0 Å². The van der Waals surface area contributed by atoms with Crippen LogP contribution in [0, 0.1) is 12.3 Å². The Morgan fingerprint density at radius 3 is 1.05 bits per heavy atom. The fourth-order valence-electron chi connectivity index (χ4n) is 6.26. The molecule has 2 saturated heterocycles. The van der Waals surface area contributed by atoms with Gasteiger partial charge in [-0.15, -0.1) is 0 Å². The van der Waals surface area contributed by atoms with E-state index in [9.17, 15) is 19.2 Å². The lowest BCUT2D eigenvalue weighted by atomic mass is 9.69. The van der Waals surface area contributed by atoms with Crippen LogP contribution in [0.3, 0.4) is 0 Å². The topological polar surface area (TPSA) is 112 Å². The number of carbonyl (C=O) groups excluding carboxylic acids is 4. The first-order valence-corrected chi connectivity index (χ1v) is 20.2. The SMILES string of the molecule is C.C.C.C.C.CC.CC.CC.CC.CC1=NC2(C1)CC(C)=N2.CC1=Nc2ccccc2C1.CN1C(=O)C2(C1=O)C(=O)N(C)C2=O.Cc1ccccc1.c1ccc2ccccc2c1. The van der Waals surface area contributed by atoms with Crippen LogP contribution in [0.15, 0.2) is 118 Å². The molecule has 0 aromatic heterocycles. The second-order valence-electron chi connectivity index (χ2n) is 12.8. The summed E-state index contributed by atoms with van der Waals surface area (Å²) in [7, 11) is 2.49. The van der Waals surface area contributed by atoms with Gasteiger partial charge in [-0.3, -0.25) is 44.0 Å². The van der Waals surface area contributed by atoms with E-state index in [4.69, 9.17) is 0 Å². The lowest BCUT2D eigenvalue weighted by Gasteiger charge is -2.50. The van der Waals surface area contributed by atoms with Crippen molar-refractivity contribution in [3.05, 3.63) is 114 Å². The molecule has 4 amide bonds. The molecule has 346 valence electrons. The van der Waals surface area contributed by atoms with Crippen molar-refractivity contribution in [2.45, 2.75) is 145 Å². The van der Waals surface area contributed by atoms with E-state index in [1.54, 1.807) is 0 Å². The molecule has 0 atom stereocenters. The van der Waals surface area contributed by atoms with Gasteiger partial charge >= 0.3 is 0 Å². The van der Waals surface area contributed by atoms with Crippen LogP contribution < -0.4 is 0 Å². The molecule has 0 aliphatic carbocycles. The number of carbonyl (C=O) groups is 4. The number of aryl methyl sites for hydroxylation is 1. The fourth-order valence-corrected chi connectivity index (χ4v) is 6.26. The molecular formula is C53H85N5O4. The number of hydrogen-bond donors (Lipinski definition) is 0. The third-order valence-corrected chi connectivity index (χ3v) is 8.73. The van der Waals surface area contributed by atoms with E-state index in [0.29, 0.717) is 0 Å². The first-order valence-electron chi connectivity index (χ1n) is 20.2. The van der Waals surface area contributed by atoms with Gasteiger partial charge in [0.1, 0.15) is 0 Å². The van der Waals surface area contributed by atoms with Crippen LogP contribution in [0.1, 0.15) is 137 Å². The Balaban J connectivity index is -0.000000207. The van der Waals surface area contributed by atoms with Gasteiger partial charge in [0.2, 0.25) is 0 Å². The van der Waals surface area contributed by atoms with Crippen molar-refractivity contribution in [2.75, 3.05) is 14.1 Å². The van der Waals surface area contributed by atoms with Gasteiger partial charge in [0.25, 0.3) is 29.0 Å². The van der Waals surface area contributed by atoms with E-state index in [0.717, 1.165) is 34.7 Å². The predicted molar refractivity (Wildman–Crippen MR) is 273 cm³/mol. The van der Waals surface area contributed by atoms with Crippen molar-refractivity contribution in [1.29, 1.82) is 0 Å². The molecule has 5 aliphatic rings. The summed E-state index contributed by atoms with van der Waals surface area (Å²) in [6.45, 7) is 24.3. The lowest BCUT2D eigenvalue weighted by molar-refractivity contribution is -0.196. The second-order valence-corrected chi connectivity index (χ2v) is 12.8. The molecule has 0 radical (unpaired) electrons. The van der Waals surface area contributed by atoms with Crippen LogP contribution >= 0.6 is 0 Å². The monoisotopic (exact) mass is 856 g/mol. The average Bonchev–Trinajstić information content (AvgIpc) is 3.64. The Morgan fingerprint density at radius 1 is 0.452 bits per heavy atom. The molecule has 0 unspecified atom stereocenters. The van der Waals surface area contributed by atoms with Crippen molar-refractivity contribution >= 4 is 57.2 Å². The highest BCUT2D eigenvalue weighted by Gasteiger charge is 2.78. The van der Waals surface area contributed by atoms with Gasteiger partial charge in [0, 0.05) is 50.5 Å². The molecule has 4 aromatic carbocycles. The zero-order chi connectivity index (χ0) is 43.3. The second kappa shape index (κ2) is 32.2. The molecule has 9 nitrogen and oxygen atoms in total. The number of fused-ring (bicyclic) bond motifs is 2. The number of rotatable bonds is 0. The molecule has 5 aliphatic heterocycles. The Bertz CT molecular complexity index is 1860. The standard InChI is InChI=1S/C10H8.C9H9N.C7H6N2O4.C7H10N2.C7H8.4C2H6.5CH4/c1-2-6-10-8-4-3-7-9(10)5-1;1-7-6-8-4-2-3-5-9(8)10-7;1-8-3(10)7(4(8)11)5(12)9(2)6(7)13;1-5-3-7(8-5)4-6(2)9-7;1-7-5-3-2-4-6-7;4*1-2;;;;;/h1-8H;2-5H,6H2,1H3;1-2H3;3-4H2,1-2H3;2-6H,1H3;4*1-2H3;5*1H4. The number of amides is 4. The minimum Gasteiger partial charge on any atom is -0.282 e. The van der Waals surface area contributed by atoms with E-state index >= 15 is 0 Å². The molecule has 62 heavy (non-hydrogen) atoms. The number of imide groups is 2. The predicted octanol–water partition coefficient (Wildman–Crippen LogP) is 13.8. The van der Waals surface area contributed by atoms with Gasteiger partial charge in [0.15, 0.2) is 5.66 Å². The number of likely N-dealkylation sites (tertiary alicyclic amines) is 2. The summed E-state index contributed by atoms with van der Waals surface area (Å²) in [5, 5.41) is 2.62. The van der Waals surface area contributed by atoms with Gasteiger partial charge in [-0.05, 0) is 50.1 Å². The number of para-hydroxylation sites is 1. The number of hydrogen-bond acceptors (Lipinski definition) is 7. The van der Waals surface area contributed by atoms with Gasteiger partial charge in [-0.25, -0.2) is 0 Å². The zero-order valence-corrected chi connectivity index (χ0v) is 36.8. The molecule has 9 rings (SSSR count). The van der Waals surface area contributed by atoms with E-state index in [-0.39, 0.29) is 42.8 Å². The summed E-state index contributed by atoms with van der Waals surface area (Å²) in [4.78, 5) is 59.3. The number of benzene rings is 4. The van der Waals surface area contributed by atoms with Crippen LogP contribution in [-0.4, -0.2) is 70.3 Å². The van der Waals surface area contributed by atoms with Crippen molar-refractivity contribution in [3.8, 4) is 0 Å². The maximum Gasteiger partial charge on any atom is 0.284 e. The van der Waals surface area contributed by atoms with E-state index in [2.05, 4.69) is 122 Å². The number of nitrogens with zero attached hydrogens (tertiary/aromatic N) is 5. The summed E-state index contributed by atoms with van der Waals surface area (Å²) in [5.41, 5.74) is 5.65. The van der Waals surface area contributed by atoms with Crippen molar-refractivity contribution in [3.63, 3.8) is 0 Å². The molecule has 0 N–H and O–H groups in total. The maximum absolute atomic E-state index is 11.2. The molecule has 4 aromatic rings. The van der Waals surface area contributed by atoms with Gasteiger partial charge in [-0.1, -0.05) is 195 Å². The molecule has 2 fully saturated rings. The lowest BCUT2D eigenvalue weighted by Crippen LogP contribution is -2.82. The Labute approximate surface area is 378 Å². The highest BCUT2D eigenvalue weighted by Crippen LogP contribution is 2.43. The summed E-state index contributed by atoms with van der Waals surface area (Å²) >= 11 is 0. The third-order valence-electron chi connectivity index (χ3n) is 8.73. The van der Waals surface area contributed by atoms with Crippen molar-refractivity contribution < 1.29 is 19.2 Å². The molecular weight excluding hydrogens is 771 g/mol. The van der Waals surface area contributed by atoms with Crippen LogP contribution in [0.5, 0.6) is 0 Å². The first kappa shape index (κ1) is 65.5. The fraction of sp³-hybridized carbons (Fsp3) is 0.453. The highest BCUT2D eigenvalue weighted by atomic mass is 16.2. The Morgan fingerprint density at radius 2 is 0.758 bits per heavy atom. The van der Waals surface area contributed by atoms with E-state index in [1.165, 1.54) is 53.1 Å². The van der Waals surface area contributed by atoms with Crippen LogP contribution in [0.4, 0.5) is 5.69 Å². The summed E-state index contributed by atoms with van der Waals surface area (Å²) in [5.74, 6) is -2.87. The highest BCUT2D eigenvalue weighted by molar-refractivity contribution is 6.52. The van der Waals surface area contributed by atoms with E-state index < -0.39 is 29.0 Å². The van der Waals surface area contributed by atoms with Gasteiger partial charge in [0.05, 0.1) is 5.69 Å².